The fourth-order valence-electron chi connectivity index (χ4n) is 1.72. The summed E-state index contributed by atoms with van der Waals surface area (Å²) in [7, 11) is 0. The molecule has 0 aromatic heterocycles. The Balaban J connectivity index is 2.25. The molecule has 82 valence electrons. The molecule has 2 aromatic carbocycles. The van der Waals surface area contributed by atoms with Crippen LogP contribution in [0.15, 0.2) is 48.5 Å². The molecule has 0 saturated carbocycles. The van der Waals surface area contributed by atoms with Crippen molar-refractivity contribution in [3.63, 3.8) is 0 Å². The molecule has 0 fully saturated rings. The van der Waals surface area contributed by atoms with Gasteiger partial charge in [0.2, 0.25) is 5.39 Å². The molecule has 0 bridgehead atoms. The first-order chi connectivity index (χ1) is 8.31. The van der Waals surface area contributed by atoms with Gasteiger partial charge in [-0.2, -0.15) is 0 Å². The predicted octanol–water partition coefficient (Wildman–Crippen LogP) is 2.50. The molecule has 0 unspecified atom stereocenters. The Morgan fingerprint density at radius 3 is 2.47 bits per heavy atom. The highest BCUT2D eigenvalue weighted by Crippen LogP contribution is 2.17. The van der Waals surface area contributed by atoms with Gasteiger partial charge < -0.3 is 5.53 Å². The van der Waals surface area contributed by atoms with E-state index in [1.54, 1.807) is 12.1 Å². The highest BCUT2D eigenvalue weighted by molar-refractivity contribution is 5.47. The van der Waals surface area contributed by atoms with E-state index in [4.69, 9.17) is 10.9 Å². The zero-order valence-electron chi connectivity index (χ0n) is 9.17. The minimum absolute atomic E-state index is 0.541. The van der Waals surface area contributed by atoms with Gasteiger partial charge in [-0.25, -0.2) is 0 Å². The molecule has 2 aromatic rings. The molecule has 0 saturated heterocycles. The van der Waals surface area contributed by atoms with Crippen LogP contribution < -0.4 is 5.11 Å². The van der Waals surface area contributed by atoms with Gasteiger partial charge in [-0.1, -0.05) is 24.3 Å². The third-order valence-corrected chi connectivity index (χ3v) is 2.49. The van der Waals surface area contributed by atoms with Crippen LogP contribution in [0.1, 0.15) is 11.1 Å². The maximum absolute atomic E-state index is 8.81. The van der Waals surface area contributed by atoms with Crippen molar-refractivity contribution in [3.05, 3.63) is 70.2 Å². The molecule has 0 radical (unpaired) electrons. The summed E-state index contributed by atoms with van der Waals surface area (Å²) in [5, 5.41) is 10.8. The molecular weight excluding hydrogens is 212 g/mol. The zero-order valence-corrected chi connectivity index (χ0v) is 9.17. The number of nitrogens with zero attached hydrogens (tertiary/aromatic N) is 3. The first kappa shape index (κ1) is 11.0. The van der Waals surface area contributed by atoms with Crippen molar-refractivity contribution >= 4 is 11.4 Å². The monoisotopic (exact) mass is 223 g/mol. The van der Waals surface area contributed by atoms with Crippen LogP contribution in [0.5, 0.6) is 0 Å². The predicted molar refractivity (Wildman–Crippen MR) is 64.4 cm³/mol. The van der Waals surface area contributed by atoms with E-state index < -0.39 is 0 Å². The Kier molecular flexibility index (Phi) is 3.22. The third kappa shape index (κ3) is 2.73. The second-order valence-electron chi connectivity index (χ2n) is 3.76. The SMILES string of the molecule is N#[N+]c1cccc(Cc2cccc([NH+]=[N-])c2)c1. The van der Waals surface area contributed by atoms with E-state index in [0.717, 1.165) is 17.5 Å². The molecule has 2 rings (SSSR count). The number of benzene rings is 2. The lowest BCUT2D eigenvalue weighted by Crippen LogP contribution is -2.54. The summed E-state index contributed by atoms with van der Waals surface area (Å²) < 4.78 is 0. The summed E-state index contributed by atoms with van der Waals surface area (Å²) in [5.74, 6) is 0. The van der Waals surface area contributed by atoms with Gasteiger partial charge in [-0.3, -0.25) is 5.11 Å². The molecule has 0 atom stereocenters. The normalized spacial score (nSPS) is 9.59. The van der Waals surface area contributed by atoms with Crippen LogP contribution in [0, 0.1) is 5.39 Å². The maximum Gasteiger partial charge on any atom is 0.385 e. The second-order valence-corrected chi connectivity index (χ2v) is 3.76. The van der Waals surface area contributed by atoms with Gasteiger partial charge in [0, 0.05) is 24.3 Å². The van der Waals surface area contributed by atoms with Crippen LogP contribution in [0.3, 0.4) is 0 Å². The van der Waals surface area contributed by atoms with E-state index in [-0.39, 0.29) is 0 Å². The van der Waals surface area contributed by atoms with E-state index in [1.807, 2.05) is 36.4 Å². The quantitative estimate of drug-likeness (QED) is 0.630. The van der Waals surface area contributed by atoms with Crippen LogP contribution in [0.4, 0.5) is 11.4 Å². The average molecular weight is 223 g/mol. The molecule has 4 nitrogen and oxygen atoms in total. The van der Waals surface area contributed by atoms with Gasteiger partial charge in [-0.05, 0) is 17.5 Å². The van der Waals surface area contributed by atoms with Crippen LogP contribution in [0.25, 0.3) is 10.5 Å². The van der Waals surface area contributed by atoms with Crippen molar-refractivity contribution in [2.75, 3.05) is 0 Å². The van der Waals surface area contributed by atoms with Crippen LogP contribution >= 0.6 is 0 Å². The Morgan fingerprint density at radius 1 is 1.06 bits per heavy atom. The van der Waals surface area contributed by atoms with E-state index in [1.165, 1.54) is 0 Å². The molecule has 0 aliphatic carbocycles. The summed E-state index contributed by atoms with van der Waals surface area (Å²) in [6.45, 7) is 0. The van der Waals surface area contributed by atoms with Gasteiger partial charge in [0.15, 0.2) is 10.7 Å². The first-order valence-electron chi connectivity index (χ1n) is 5.25. The fraction of sp³-hybridized carbons (Fsp3) is 0.0769. The Labute approximate surface area is 99.1 Å². The average Bonchev–Trinajstić information content (AvgIpc) is 2.39. The van der Waals surface area contributed by atoms with Crippen molar-refractivity contribution in [1.82, 2.24) is 0 Å². The molecular formula is C13H11N4+. The standard InChI is InChI=1S/C13H11N4/c14-16-12-5-1-3-10(8-12)7-11-4-2-6-13(9-11)17-15/h1-6,8-9,16H,7H2/q+1. The molecule has 0 aliphatic rings. The zero-order chi connectivity index (χ0) is 12.1. The van der Waals surface area contributed by atoms with Crippen molar-refractivity contribution in [2.45, 2.75) is 6.42 Å². The number of nitrogens with one attached hydrogen (secondary N) is 1. The number of hydrogen-bond acceptors (Lipinski definition) is 1. The topological polar surface area (TPSA) is 64.4 Å². The molecule has 1 N–H and O–H groups in total. The third-order valence-electron chi connectivity index (χ3n) is 2.49. The summed E-state index contributed by atoms with van der Waals surface area (Å²) >= 11 is 0. The van der Waals surface area contributed by atoms with Crippen LogP contribution in [-0.4, -0.2) is 0 Å². The van der Waals surface area contributed by atoms with Crippen molar-refractivity contribution in [1.29, 1.82) is 5.39 Å². The van der Waals surface area contributed by atoms with Gasteiger partial charge in [-0.15, -0.1) is 0 Å². The fourth-order valence-corrected chi connectivity index (χ4v) is 1.72. The van der Waals surface area contributed by atoms with E-state index >= 15 is 0 Å². The van der Waals surface area contributed by atoms with E-state index in [2.05, 4.69) is 10.1 Å². The number of diazo groups is 1. The molecule has 4 heteroatoms. The number of rotatable bonds is 3. The maximum atomic E-state index is 8.81. The molecule has 17 heavy (non-hydrogen) atoms. The largest absolute Gasteiger partial charge is 0.502 e. The molecule has 0 amide bonds. The Hall–Kier alpha value is -2.54. The Morgan fingerprint density at radius 2 is 1.76 bits per heavy atom. The first-order valence-corrected chi connectivity index (χ1v) is 5.25. The minimum Gasteiger partial charge on any atom is -0.502 e. The van der Waals surface area contributed by atoms with E-state index in [0.29, 0.717) is 11.4 Å². The number of hydrogen-bond donors (Lipinski definition) is 1. The van der Waals surface area contributed by atoms with Crippen molar-refractivity contribution < 1.29 is 5.11 Å². The van der Waals surface area contributed by atoms with Crippen molar-refractivity contribution in [3.8, 4) is 0 Å². The van der Waals surface area contributed by atoms with Gasteiger partial charge >= 0.3 is 5.69 Å². The summed E-state index contributed by atoms with van der Waals surface area (Å²) in [6, 6.07) is 14.9. The highest BCUT2D eigenvalue weighted by atomic mass is 15.0. The van der Waals surface area contributed by atoms with Crippen molar-refractivity contribution in [2.24, 2.45) is 0 Å². The summed E-state index contributed by atoms with van der Waals surface area (Å²) in [5.41, 5.74) is 12.1. The van der Waals surface area contributed by atoms with Gasteiger partial charge in [0.25, 0.3) is 0 Å². The lowest BCUT2D eigenvalue weighted by atomic mass is 10.0. The molecule has 0 aliphatic heterocycles. The minimum atomic E-state index is 0.541. The smallest absolute Gasteiger partial charge is 0.385 e. The lowest BCUT2D eigenvalue weighted by Gasteiger charge is -2.00. The molecule has 0 heterocycles. The summed E-state index contributed by atoms with van der Waals surface area (Å²) in [4.78, 5) is 3.15. The summed E-state index contributed by atoms with van der Waals surface area (Å²) in [6.07, 6.45) is 0.721. The highest BCUT2D eigenvalue weighted by Gasteiger charge is 2.05. The van der Waals surface area contributed by atoms with Crippen LogP contribution in [0.2, 0.25) is 0 Å². The molecule has 0 spiro atoms. The Bertz CT molecular complexity index is 584. The van der Waals surface area contributed by atoms with Gasteiger partial charge in [0.05, 0.1) is 0 Å². The lowest BCUT2D eigenvalue weighted by molar-refractivity contribution is -0.379. The van der Waals surface area contributed by atoms with E-state index in [9.17, 15) is 0 Å². The van der Waals surface area contributed by atoms with Crippen LogP contribution in [-0.2, 0) is 6.42 Å². The van der Waals surface area contributed by atoms with Gasteiger partial charge in [0.1, 0.15) is 0 Å². The second kappa shape index (κ2) is 4.99.